The Morgan fingerprint density at radius 3 is 2.48 bits per heavy atom. The van der Waals surface area contributed by atoms with Crippen molar-refractivity contribution in [2.24, 2.45) is 20.9 Å². The number of hydrogen-bond donors (Lipinski definition) is 3. The van der Waals surface area contributed by atoms with Gasteiger partial charge < -0.3 is 16.8 Å². The number of para-hydroxylation sites is 1. The molecule has 9 heteroatoms. The summed E-state index contributed by atoms with van der Waals surface area (Å²) in [6.07, 6.45) is 2.68. The summed E-state index contributed by atoms with van der Waals surface area (Å²) in [5.41, 5.74) is 13.1. The van der Waals surface area contributed by atoms with Crippen LogP contribution in [0.2, 0.25) is 0 Å². The highest BCUT2D eigenvalue weighted by atomic mass is 32.2. The Labute approximate surface area is 136 Å². The molecule has 8 nitrogen and oxygen atoms in total. The van der Waals surface area contributed by atoms with Crippen LogP contribution in [0.25, 0.3) is 0 Å². The summed E-state index contributed by atoms with van der Waals surface area (Å²) < 4.78 is 29.1. The van der Waals surface area contributed by atoms with E-state index in [-0.39, 0.29) is 5.96 Å². The molecule has 1 aromatic carbocycles. The molecule has 126 valence electrons. The van der Waals surface area contributed by atoms with Crippen LogP contribution in [0.5, 0.6) is 0 Å². The van der Waals surface area contributed by atoms with Crippen LogP contribution >= 0.6 is 0 Å². The topological polar surface area (TPSA) is 126 Å². The molecular formula is C14H22N6O2S. The maximum atomic E-state index is 12.1. The first-order chi connectivity index (χ1) is 10.9. The molecule has 2 rings (SSSR count). The number of benzene rings is 1. The van der Waals surface area contributed by atoms with E-state index in [9.17, 15) is 8.42 Å². The summed E-state index contributed by atoms with van der Waals surface area (Å²) in [5.74, 6) is -0.413. The lowest BCUT2D eigenvalue weighted by Crippen LogP contribution is -2.35. The van der Waals surface area contributed by atoms with Gasteiger partial charge in [-0.15, -0.1) is 4.40 Å². The van der Waals surface area contributed by atoms with Gasteiger partial charge in [0.2, 0.25) is 11.9 Å². The van der Waals surface area contributed by atoms with E-state index in [1.165, 1.54) is 4.31 Å². The number of guanidine groups is 2. The monoisotopic (exact) mass is 338 g/mol. The van der Waals surface area contributed by atoms with E-state index in [1.54, 1.807) is 0 Å². The summed E-state index contributed by atoms with van der Waals surface area (Å²) in [7, 11) is -3.80. The van der Waals surface area contributed by atoms with Crippen molar-refractivity contribution in [3.63, 3.8) is 0 Å². The van der Waals surface area contributed by atoms with Gasteiger partial charge in [-0.2, -0.15) is 17.7 Å². The number of aryl methyl sites for hydroxylation is 1. The number of hydrogen-bond acceptors (Lipinski definition) is 2. The highest BCUT2D eigenvalue weighted by Crippen LogP contribution is 2.14. The van der Waals surface area contributed by atoms with Crippen molar-refractivity contribution in [2.45, 2.75) is 26.2 Å². The van der Waals surface area contributed by atoms with Gasteiger partial charge in [0.25, 0.3) is 0 Å². The number of anilines is 1. The summed E-state index contributed by atoms with van der Waals surface area (Å²) in [6.45, 7) is 2.83. The first-order valence-corrected chi connectivity index (χ1v) is 8.80. The van der Waals surface area contributed by atoms with E-state index in [2.05, 4.69) is 14.7 Å². The Kier molecular flexibility index (Phi) is 5.56. The molecule has 0 saturated carbocycles. The molecule has 1 aliphatic heterocycles. The van der Waals surface area contributed by atoms with E-state index in [1.807, 2.05) is 31.2 Å². The van der Waals surface area contributed by atoms with Crippen LogP contribution in [-0.4, -0.2) is 37.7 Å². The predicted octanol–water partition coefficient (Wildman–Crippen LogP) is 0.767. The molecule has 0 atom stereocenters. The number of nitrogens with two attached hydrogens (primary N) is 2. The minimum atomic E-state index is -3.80. The molecule has 0 radical (unpaired) electrons. The van der Waals surface area contributed by atoms with Crippen molar-refractivity contribution in [1.82, 2.24) is 4.31 Å². The second-order valence-electron chi connectivity index (χ2n) is 5.32. The average molecular weight is 338 g/mol. The van der Waals surface area contributed by atoms with E-state index < -0.39 is 16.2 Å². The van der Waals surface area contributed by atoms with Gasteiger partial charge in [-0.25, -0.2) is 0 Å². The lowest BCUT2D eigenvalue weighted by molar-refractivity contribution is 0.347. The molecule has 0 amide bonds. The van der Waals surface area contributed by atoms with Gasteiger partial charge in [0.1, 0.15) is 0 Å². The minimum absolute atomic E-state index is 0.0191. The fourth-order valence-electron chi connectivity index (χ4n) is 2.29. The summed E-state index contributed by atoms with van der Waals surface area (Å²) in [4.78, 5) is 3.80. The van der Waals surface area contributed by atoms with Crippen molar-refractivity contribution in [3.05, 3.63) is 29.8 Å². The second kappa shape index (κ2) is 7.42. The van der Waals surface area contributed by atoms with Gasteiger partial charge in [-0.1, -0.05) is 24.6 Å². The minimum Gasteiger partial charge on any atom is -0.369 e. The molecule has 0 aromatic heterocycles. The molecule has 0 aliphatic carbocycles. The molecule has 1 heterocycles. The smallest absolute Gasteiger partial charge is 0.325 e. The van der Waals surface area contributed by atoms with Crippen molar-refractivity contribution >= 4 is 27.8 Å². The van der Waals surface area contributed by atoms with Crippen molar-refractivity contribution in [3.8, 4) is 0 Å². The Balaban J connectivity index is 2.09. The molecule has 1 saturated heterocycles. The van der Waals surface area contributed by atoms with E-state index in [0.717, 1.165) is 30.5 Å². The van der Waals surface area contributed by atoms with E-state index in [0.29, 0.717) is 13.1 Å². The molecule has 5 N–H and O–H groups in total. The van der Waals surface area contributed by atoms with Gasteiger partial charge in [0.05, 0.1) is 0 Å². The molecular weight excluding hydrogens is 316 g/mol. The third-order valence-corrected chi connectivity index (χ3v) is 4.93. The van der Waals surface area contributed by atoms with E-state index in [4.69, 9.17) is 11.5 Å². The van der Waals surface area contributed by atoms with Crippen LogP contribution in [0, 0.1) is 6.92 Å². The Morgan fingerprint density at radius 1 is 1.17 bits per heavy atom. The van der Waals surface area contributed by atoms with Crippen LogP contribution in [0.4, 0.5) is 5.69 Å². The standard InChI is InChI=1S/C14H22N6O2S/c1-11-7-3-4-8-12(11)17-13(15)18-14(16)19-23(21,22)20-9-5-2-6-10-20/h3-4,7-8H,2,5-6,9-10H2,1H3,(H5,15,16,17,18,19). The van der Waals surface area contributed by atoms with Gasteiger partial charge in [-0.05, 0) is 31.4 Å². The Bertz CT molecular complexity index is 708. The zero-order chi connectivity index (χ0) is 16.9. The van der Waals surface area contributed by atoms with Crippen LogP contribution < -0.4 is 16.8 Å². The maximum absolute atomic E-state index is 12.1. The molecule has 1 aromatic rings. The fraction of sp³-hybridized carbons (Fsp3) is 0.429. The number of nitrogens with zero attached hydrogens (tertiary/aromatic N) is 3. The van der Waals surface area contributed by atoms with Crippen LogP contribution in [-0.2, 0) is 10.2 Å². The van der Waals surface area contributed by atoms with Crippen molar-refractivity contribution in [2.75, 3.05) is 18.4 Å². The third-order valence-electron chi connectivity index (χ3n) is 3.49. The third kappa shape index (κ3) is 4.93. The normalized spacial score (nSPS) is 18.0. The lowest BCUT2D eigenvalue weighted by Gasteiger charge is -2.23. The van der Waals surface area contributed by atoms with Crippen LogP contribution in [0.15, 0.2) is 33.7 Å². The van der Waals surface area contributed by atoms with Crippen LogP contribution in [0.1, 0.15) is 24.8 Å². The number of piperidine rings is 1. The first kappa shape index (κ1) is 17.2. The van der Waals surface area contributed by atoms with Crippen molar-refractivity contribution < 1.29 is 8.42 Å². The second-order valence-corrected chi connectivity index (χ2v) is 6.92. The summed E-state index contributed by atoms with van der Waals surface area (Å²) >= 11 is 0. The molecule has 1 fully saturated rings. The number of aliphatic imine (C=N–C) groups is 1. The average Bonchev–Trinajstić information content (AvgIpc) is 2.50. The Hall–Kier alpha value is -2.13. The predicted molar refractivity (Wildman–Crippen MR) is 92.4 cm³/mol. The van der Waals surface area contributed by atoms with Gasteiger partial charge in [-0.3, -0.25) is 0 Å². The molecule has 1 aliphatic rings. The van der Waals surface area contributed by atoms with Crippen molar-refractivity contribution in [1.29, 1.82) is 0 Å². The number of nitrogens with one attached hydrogen (secondary N) is 1. The molecule has 0 unspecified atom stereocenters. The molecule has 0 spiro atoms. The van der Waals surface area contributed by atoms with Crippen LogP contribution in [0.3, 0.4) is 0 Å². The maximum Gasteiger partial charge on any atom is 0.325 e. The largest absolute Gasteiger partial charge is 0.369 e. The zero-order valence-electron chi connectivity index (χ0n) is 13.1. The van der Waals surface area contributed by atoms with Gasteiger partial charge >= 0.3 is 10.2 Å². The van der Waals surface area contributed by atoms with E-state index >= 15 is 0 Å². The molecule has 23 heavy (non-hydrogen) atoms. The highest BCUT2D eigenvalue weighted by molar-refractivity contribution is 7.87. The summed E-state index contributed by atoms with van der Waals surface area (Å²) in [6, 6.07) is 7.49. The Morgan fingerprint density at radius 2 is 1.83 bits per heavy atom. The number of rotatable bonds is 3. The lowest BCUT2D eigenvalue weighted by atomic mass is 10.2. The highest BCUT2D eigenvalue weighted by Gasteiger charge is 2.23. The zero-order valence-corrected chi connectivity index (χ0v) is 13.9. The fourth-order valence-corrected chi connectivity index (χ4v) is 3.41. The summed E-state index contributed by atoms with van der Waals surface area (Å²) in [5, 5.41) is 2.86. The van der Waals surface area contributed by atoms with Gasteiger partial charge in [0.15, 0.2) is 0 Å². The molecule has 0 bridgehead atoms. The van der Waals surface area contributed by atoms with Gasteiger partial charge in [0, 0.05) is 18.8 Å². The SMILES string of the molecule is Cc1ccccc1N/C(N)=N/C(N)=N/S(=O)(=O)N1CCCCC1. The first-order valence-electron chi connectivity index (χ1n) is 7.41. The quantitative estimate of drug-likeness (QED) is 0.554.